The molecule has 0 spiro atoms. The van der Waals surface area contributed by atoms with Crippen LogP contribution in [-0.2, 0) is 11.2 Å². The topological polar surface area (TPSA) is 72.2 Å². The SMILES string of the molecule is Cc1nc2ncnn2c(C)c1CCC(=O)NC1CCC(C)CC1. The number of carbonyl (C=O) groups excluding carboxylic acids is 1. The number of carbonyl (C=O) groups is 1. The molecule has 0 bridgehead atoms. The molecular weight excluding hydrogens is 290 g/mol. The maximum Gasteiger partial charge on any atom is 0.252 e. The molecule has 2 aromatic rings. The predicted octanol–water partition coefficient (Wildman–Crippen LogP) is 2.37. The molecule has 2 heterocycles. The molecular formula is C17H25N5O. The summed E-state index contributed by atoms with van der Waals surface area (Å²) in [6.45, 7) is 6.26. The third-order valence-corrected chi connectivity index (χ3v) is 4.97. The summed E-state index contributed by atoms with van der Waals surface area (Å²) in [6, 6.07) is 0.358. The first-order valence-corrected chi connectivity index (χ1v) is 8.49. The van der Waals surface area contributed by atoms with Crippen molar-refractivity contribution >= 4 is 11.7 Å². The van der Waals surface area contributed by atoms with E-state index in [9.17, 15) is 4.79 Å². The van der Waals surface area contributed by atoms with Crippen molar-refractivity contribution in [2.24, 2.45) is 5.92 Å². The number of hydrogen-bond donors (Lipinski definition) is 1. The van der Waals surface area contributed by atoms with Crippen LogP contribution in [0.3, 0.4) is 0 Å². The van der Waals surface area contributed by atoms with Crippen LogP contribution >= 0.6 is 0 Å². The van der Waals surface area contributed by atoms with E-state index < -0.39 is 0 Å². The average molecular weight is 315 g/mol. The monoisotopic (exact) mass is 315 g/mol. The second-order valence-corrected chi connectivity index (χ2v) is 6.76. The number of fused-ring (bicyclic) bond motifs is 1. The quantitative estimate of drug-likeness (QED) is 0.940. The Bertz CT molecular complexity index is 700. The fraction of sp³-hybridized carbons (Fsp3) is 0.647. The molecule has 3 rings (SSSR count). The van der Waals surface area contributed by atoms with Gasteiger partial charge in [-0.3, -0.25) is 4.79 Å². The highest BCUT2D eigenvalue weighted by molar-refractivity contribution is 5.76. The molecule has 0 radical (unpaired) electrons. The summed E-state index contributed by atoms with van der Waals surface area (Å²) in [4.78, 5) is 20.8. The van der Waals surface area contributed by atoms with E-state index in [4.69, 9.17) is 0 Å². The Kier molecular flexibility index (Phi) is 4.59. The normalized spacial score (nSPS) is 21.5. The molecule has 0 unspecified atom stereocenters. The standard InChI is InChI=1S/C17H25N5O/c1-11-4-6-14(7-5-11)21-16(23)9-8-15-12(2)20-17-18-10-19-22(17)13(15)3/h10-11,14H,4-9H2,1-3H3,(H,21,23). The molecule has 0 saturated heterocycles. The zero-order valence-corrected chi connectivity index (χ0v) is 14.2. The maximum absolute atomic E-state index is 12.2. The van der Waals surface area contributed by atoms with Gasteiger partial charge in [-0.25, -0.2) is 9.50 Å². The summed E-state index contributed by atoms with van der Waals surface area (Å²) in [7, 11) is 0. The largest absolute Gasteiger partial charge is 0.353 e. The Balaban J connectivity index is 1.60. The molecule has 23 heavy (non-hydrogen) atoms. The van der Waals surface area contributed by atoms with E-state index in [-0.39, 0.29) is 5.91 Å². The fourth-order valence-electron chi connectivity index (χ4n) is 3.46. The predicted molar refractivity (Wildman–Crippen MR) is 88.1 cm³/mol. The van der Waals surface area contributed by atoms with E-state index in [0.717, 1.165) is 35.7 Å². The van der Waals surface area contributed by atoms with E-state index in [1.54, 1.807) is 4.52 Å². The van der Waals surface area contributed by atoms with Gasteiger partial charge >= 0.3 is 0 Å². The highest BCUT2D eigenvalue weighted by atomic mass is 16.1. The van der Waals surface area contributed by atoms with E-state index >= 15 is 0 Å². The van der Waals surface area contributed by atoms with Crippen LogP contribution < -0.4 is 5.32 Å². The Hall–Kier alpha value is -1.98. The molecule has 0 aliphatic heterocycles. The molecule has 2 aromatic heterocycles. The van der Waals surface area contributed by atoms with Crippen LogP contribution in [0.5, 0.6) is 0 Å². The molecule has 1 fully saturated rings. The number of nitrogens with one attached hydrogen (secondary N) is 1. The summed E-state index contributed by atoms with van der Waals surface area (Å²) >= 11 is 0. The summed E-state index contributed by atoms with van der Waals surface area (Å²) in [5.41, 5.74) is 3.04. The van der Waals surface area contributed by atoms with Gasteiger partial charge < -0.3 is 5.32 Å². The van der Waals surface area contributed by atoms with Crippen LogP contribution in [0.1, 0.15) is 56.0 Å². The van der Waals surface area contributed by atoms with Crippen molar-refractivity contribution < 1.29 is 4.79 Å². The third kappa shape index (κ3) is 3.51. The van der Waals surface area contributed by atoms with Gasteiger partial charge in [-0.2, -0.15) is 10.1 Å². The number of amides is 1. The number of nitrogens with zero attached hydrogens (tertiary/aromatic N) is 4. The highest BCUT2D eigenvalue weighted by Gasteiger charge is 2.20. The van der Waals surface area contributed by atoms with Gasteiger partial charge in [0.2, 0.25) is 5.91 Å². The third-order valence-electron chi connectivity index (χ3n) is 4.97. The molecule has 124 valence electrons. The lowest BCUT2D eigenvalue weighted by Gasteiger charge is -2.27. The van der Waals surface area contributed by atoms with Crippen molar-refractivity contribution in [3.63, 3.8) is 0 Å². The van der Waals surface area contributed by atoms with Crippen molar-refractivity contribution in [1.82, 2.24) is 24.9 Å². The molecule has 6 nitrogen and oxygen atoms in total. The number of hydrogen-bond acceptors (Lipinski definition) is 4. The molecule has 1 saturated carbocycles. The second-order valence-electron chi connectivity index (χ2n) is 6.76. The summed E-state index contributed by atoms with van der Waals surface area (Å²) in [5, 5.41) is 7.38. The molecule has 1 aliphatic rings. The Morgan fingerprint density at radius 3 is 2.78 bits per heavy atom. The summed E-state index contributed by atoms with van der Waals surface area (Å²) in [6.07, 6.45) is 7.35. The average Bonchev–Trinajstić information content (AvgIpc) is 2.98. The molecule has 1 N–H and O–H groups in total. The number of aromatic nitrogens is 4. The first-order chi connectivity index (χ1) is 11.0. The Labute approximate surface area is 136 Å². The first kappa shape index (κ1) is 15.9. The smallest absolute Gasteiger partial charge is 0.252 e. The van der Waals surface area contributed by atoms with Crippen LogP contribution in [0, 0.1) is 19.8 Å². The van der Waals surface area contributed by atoms with Crippen LogP contribution in [0.4, 0.5) is 0 Å². The first-order valence-electron chi connectivity index (χ1n) is 8.49. The van der Waals surface area contributed by atoms with E-state index in [1.807, 2.05) is 13.8 Å². The van der Waals surface area contributed by atoms with Gasteiger partial charge in [0.05, 0.1) is 0 Å². The zero-order chi connectivity index (χ0) is 16.4. The molecule has 1 aliphatic carbocycles. The lowest BCUT2D eigenvalue weighted by atomic mass is 9.87. The summed E-state index contributed by atoms with van der Waals surface area (Å²) in [5.74, 6) is 1.56. The van der Waals surface area contributed by atoms with Crippen molar-refractivity contribution in [1.29, 1.82) is 0 Å². The van der Waals surface area contributed by atoms with Crippen molar-refractivity contribution in [3.05, 3.63) is 23.3 Å². The lowest BCUT2D eigenvalue weighted by molar-refractivity contribution is -0.122. The van der Waals surface area contributed by atoms with Gasteiger partial charge in [-0.05, 0) is 57.4 Å². The zero-order valence-electron chi connectivity index (χ0n) is 14.2. The number of rotatable bonds is 4. The summed E-state index contributed by atoms with van der Waals surface area (Å²) < 4.78 is 1.74. The van der Waals surface area contributed by atoms with Gasteiger partial charge in [0, 0.05) is 23.9 Å². The Morgan fingerprint density at radius 2 is 2.04 bits per heavy atom. The molecule has 1 amide bonds. The van der Waals surface area contributed by atoms with Crippen LogP contribution in [0.15, 0.2) is 6.33 Å². The minimum atomic E-state index is 0.141. The van der Waals surface area contributed by atoms with E-state index in [2.05, 4.69) is 27.3 Å². The van der Waals surface area contributed by atoms with Gasteiger partial charge in [0.15, 0.2) is 0 Å². The van der Waals surface area contributed by atoms with Crippen molar-refractivity contribution in [3.8, 4) is 0 Å². The second kappa shape index (κ2) is 6.64. The minimum absolute atomic E-state index is 0.141. The lowest BCUT2D eigenvalue weighted by Crippen LogP contribution is -2.37. The fourth-order valence-corrected chi connectivity index (χ4v) is 3.46. The Morgan fingerprint density at radius 1 is 1.30 bits per heavy atom. The van der Waals surface area contributed by atoms with Gasteiger partial charge in [-0.1, -0.05) is 6.92 Å². The van der Waals surface area contributed by atoms with Gasteiger partial charge in [-0.15, -0.1) is 0 Å². The molecule has 0 aromatic carbocycles. The molecule has 0 atom stereocenters. The van der Waals surface area contributed by atoms with Crippen LogP contribution in [0.25, 0.3) is 5.78 Å². The van der Waals surface area contributed by atoms with Gasteiger partial charge in [0.25, 0.3) is 5.78 Å². The molecule has 6 heteroatoms. The maximum atomic E-state index is 12.2. The van der Waals surface area contributed by atoms with Crippen molar-refractivity contribution in [2.75, 3.05) is 0 Å². The minimum Gasteiger partial charge on any atom is -0.353 e. The van der Waals surface area contributed by atoms with E-state index in [1.165, 1.54) is 19.2 Å². The van der Waals surface area contributed by atoms with Crippen LogP contribution in [0.2, 0.25) is 0 Å². The van der Waals surface area contributed by atoms with E-state index in [0.29, 0.717) is 24.7 Å². The number of aryl methyl sites for hydroxylation is 2. The van der Waals surface area contributed by atoms with Crippen molar-refractivity contribution in [2.45, 2.75) is 65.3 Å². The van der Waals surface area contributed by atoms with Crippen LogP contribution in [-0.4, -0.2) is 31.5 Å². The highest BCUT2D eigenvalue weighted by Crippen LogP contribution is 2.23. The van der Waals surface area contributed by atoms with Gasteiger partial charge in [0.1, 0.15) is 6.33 Å².